The smallest absolute Gasteiger partial charge is 0.315 e. The highest BCUT2D eigenvalue weighted by Crippen LogP contribution is 2.09. The molecule has 1 aliphatic heterocycles. The molecule has 0 bridgehead atoms. The van der Waals surface area contributed by atoms with Gasteiger partial charge in [0, 0.05) is 31.1 Å². The molecule has 20 heavy (non-hydrogen) atoms. The Morgan fingerprint density at radius 1 is 1.40 bits per heavy atom. The lowest BCUT2D eigenvalue weighted by molar-refractivity contribution is -0.0672. The second-order valence-electron chi connectivity index (χ2n) is 5.21. The van der Waals surface area contributed by atoms with Crippen molar-refractivity contribution in [2.24, 2.45) is 0 Å². The number of amides is 2. The summed E-state index contributed by atoms with van der Waals surface area (Å²) < 4.78 is 5.68. The SMILES string of the molecule is C[C@@H]1CN(CCNC(=O)NCc2cccs2)C[C@H](C)O1. The van der Waals surface area contributed by atoms with Crippen LogP contribution < -0.4 is 10.6 Å². The van der Waals surface area contributed by atoms with Gasteiger partial charge in [0.15, 0.2) is 0 Å². The summed E-state index contributed by atoms with van der Waals surface area (Å²) >= 11 is 1.65. The monoisotopic (exact) mass is 297 g/mol. The Labute approximate surface area is 124 Å². The van der Waals surface area contributed by atoms with Crippen LogP contribution in [0.3, 0.4) is 0 Å². The zero-order chi connectivity index (χ0) is 14.4. The van der Waals surface area contributed by atoms with E-state index in [1.54, 1.807) is 11.3 Å². The van der Waals surface area contributed by atoms with Crippen LogP contribution in [0.1, 0.15) is 18.7 Å². The molecule has 2 amide bonds. The van der Waals surface area contributed by atoms with Gasteiger partial charge in [0.25, 0.3) is 0 Å². The van der Waals surface area contributed by atoms with E-state index in [9.17, 15) is 4.79 Å². The zero-order valence-corrected chi connectivity index (χ0v) is 12.9. The number of ether oxygens (including phenoxy) is 1. The first-order chi connectivity index (χ1) is 9.63. The van der Waals surface area contributed by atoms with Crippen LogP contribution in [-0.2, 0) is 11.3 Å². The highest BCUT2D eigenvalue weighted by molar-refractivity contribution is 7.09. The van der Waals surface area contributed by atoms with E-state index in [0.717, 1.165) is 24.5 Å². The molecule has 1 fully saturated rings. The average Bonchev–Trinajstić information content (AvgIpc) is 2.88. The van der Waals surface area contributed by atoms with Crippen LogP contribution in [0.5, 0.6) is 0 Å². The normalized spacial score (nSPS) is 23.5. The maximum Gasteiger partial charge on any atom is 0.315 e. The second kappa shape index (κ2) is 7.61. The third kappa shape index (κ3) is 5.11. The van der Waals surface area contributed by atoms with Gasteiger partial charge in [-0.1, -0.05) is 6.07 Å². The van der Waals surface area contributed by atoms with Gasteiger partial charge in [0.1, 0.15) is 0 Å². The minimum Gasteiger partial charge on any atom is -0.373 e. The molecule has 2 N–H and O–H groups in total. The number of nitrogens with one attached hydrogen (secondary N) is 2. The number of urea groups is 1. The van der Waals surface area contributed by atoms with Gasteiger partial charge in [-0.3, -0.25) is 4.90 Å². The van der Waals surface area contributed by atoms with Crippen LogP contribution in [0.4, 0.5) is 4.79 Å². The van der Waals surface area contributed by atoms with Gasteiger partial charge in [-0.05, 0) is 25.3 Å². The molecule has 6 heteroatoms. The lowest BCUT2D eigenvalue weighted by Gasteiger charge is -2.35. The molecule has 2 rings (SSSR count). The van der Waals surface area contributed by atoms with Crippen LogP contribution in [0.25, 0.3) is 0 Å². The number of hydrogen-bond acceptors (Lipinski definition) is 4. The zero-order valence-electron chi connectivity index (χ0n) is 12.1. The first kappa shape index (κ1) is 15.3. The summed E-state index contributed by atoms with van der Waals surface area (Å²) in [5, 5.41) is 7.76. The number of carbonyl (C=O) groups is 1. The molecule has 0 unspecified atom stereocenters. The van der Waals surface area contributed by atoms with Crippen molar-refractivity contribution in [2.75, 3.05) is 26.2 Å². The molecule has 0 saturated carbocycles. The molecule has 2 heterocycles. The van der Waals surface area contributed by atoms with Crippen molar-refractivity contribution in [3.63, 3.8) is 0 Å². The largest absolute Gasteiger partial charge is 0.373 e. The summed E-state index contributed by atoms with van der Waals surface area (Å²) in [5.41, 5.74) is 0. The summed E-state index contributed by atoms with van der Waals surface area (Å²) in [7, 11) is 0. The minimum atomic E-state index is -0.104. The Morgan fingerprint density at radius 2 is 2.15 bits per heavy atom. The first-order valence-electron chi connectivity index (χ1n) is 7.05. The van der Waals surface area contributed by atoms with E-state index < -0.39 is 0 Å². The molecule has 5 nitrogen and oxygen atoms in total. The van der Waals surface area contributed by atoms with Gasteiger partial charge >= 0.3 is 6.03 Å². The number of morpholine rings is 1. The predicted molar refractivity (Wildman–Crippen MR) is 81.0 cm³/mol. The van der Waals surface area contributed by atoms with Crippen molar-refractivity contribution in [3.8, 4) is 0 Å². The van der Waals surface area contributed by atoms with Crippen LogP contribution in [0, 0.1) is 0 Å². The maximum absolute atomic E-state index is 11.6. The highest BCUT2D eigenvalue weighted by atomic mass is 32.1. The van der Waals surface area contributed by atoms with E-state index in [0.29, 0.717) is 13.1 Å². The Balaban J connectivity index is 1.59. The number of nitrogens with zero attached hydrogens (tertiary/aromatic N) is 1. The number of hydrogen-bond donors (Lipinski definition) is 2. The van der Waals surface area contributed by atoms with E-state index in [2.05, 4.69) is 29.4 Å². The molecule has 1 aromatic rings. The van der Waals surface area contributed by atoms with E-state index in [1.807, 2.05) is 17.5 Å². The third-order valence-corrected chi connectivity index (χ3v) is 4.09. The summed E-state index contributed by atoms with van der Waals surface area (Å²) in [6.07, 6.45) is 0.540. The van der Waals surface area contributed by atoms with Crippen molar-refractivity contribution in [1.29, 1.82) is 0 Å². The molecular formula is C14H23N3O2S. The summed E-state index contributed by atoms with van der Waals surface area (Å²) in [6, 6.07) is 3.90. The van der Waals surface area contributed by atoms with Crippen LogP contribution >= 0.6 is 11.3 Å². The van der Waals surface area contributed by atoms with Crippen molar-refractivity contribution in [3.05, 3.63) is 22.4 Å². The lowest BCUT2D eigenvalue weighted by Crippen LogP contribution is -2.48. The molecule has 0 aromatic carbocycles. The van der Waals surface area contributed by atoms with E-state index >= 15 is 0 Å². The quantitative estimate of drug-likeness (QED) is 0.869. The molecule has 1 saturated heterocycles. The van der Waals surface area contributed by atoms with Crippen molar-refractivity contribution in [1.82, 2.24) is 15.5 Å². The van der Waals surface area contributed by atoms with Gasteiger partial charge < -0.3 is 15.4 Å². The standard InChI is InChI=1S/C14H23N3O2S/c1-11-9-17(10-12(2)19-11)6-5-15-14(18)16-8-13-4-3-7-20-13/h3-4,7,11-12H,5-6,8-10H2,1-2H3,(H2,15,16,18)/t11-,12+. The Morgan fingerprint density at radius 3 is 2.80 bits per heavy atom. The summed E-state index contributed by atoms with van der Waals surface area (Å²) in [6.45, 7) is 8.16. The molecule has 2 atom stereocenters. The molecule has 112 valence electrons. The Bertz CT molecular complexity index is 401. The van der Waals surface area contributed by atoms with Gasteiger partial charge in [0.2, 0.25) is 0 Å². The average molecular weight is 297 g/mol. The predicted octanol–water partition coefficient (Wildman–Crippen LogP) is 1.66. The van der Waals surface area contributed by atoms with Crippen molar-refractivity contribution < 1.29 is 9.53 Å². The molecule has 0 radical (unpaired) electrons. The highest BCUT2D eigenvalue weighted by Gasteiger charge is 2.21. The van der Waals surface area contributed by atoms with Crippen LogP contribution in [-0.4, -0.2) is 49.3 Å². The molecule has 1 aliphatic rings. The number of carbonyl (C=O) groups excluding carboxylic acids is 1. The first-order valence-corrected chi connectivity index (χ1v) is 7.93. The van der Waals surface area contributed by atoms with Crippen LogP contribution in [0.15, 0.2) is 17.5 Å². The van der Waals surface area contributed by atoms with Crippen molar-refractivity contribution >= 4 is 17.4 Å². The fourth-order valence-corrected chi connectivity index (χ4v) is 3.08. The van der Waals surface area contributed by atoms with Gasteiger partial charge in [0.05, 0.1) is 18.8 Å². The topological polar surface area (TPSA) is 53.6 Å². The fraction of sp³-hybridized carbons (Fsp3) is 0.643. The van der Waals surface area contributed by atoms with E-state index in [-0.39, 0.29) is 18.2 Å². The molecule has 0 spiro atoms. The van der Waals surface area contributed by atoms with Gasteiger partial charge in [-0.15, -0.1) is 11.3 Å². The second-order valence-corrected chi connectivity index (χ2v) is 6.24. The molecule has 0 aliphatic carbocycles. The maximum atomic E-state index is 11.6. The third-order valence-electron chi connectivity index (χ3n) is 3.21. The lowest BCUT2D eigenvalue weighted by atomic mass is 10.2. The number of thiophene rings is 1. The van der Waals surface area contributed by atoms with Crippen molar-refractivity contribution in [2.45, 2.75) is 32.6 Å². The van der Waals surface area contributed by atoms with Crippen LogP contribution in [0.2, 0.25) is 0 Å². The van der Waals surface area contributed by atoms with E-state index in [1.165, 1.54) is 0 Å². The summed E-state index contributed by atoms with van der Waals surface area (Å²) in [4.78, 5) is 15.1. The molecule has 1 aromatic heterocycles. The van der Waals surface area contributed by atoms with Gasteiger partial charge in [-0.25, -0.2) is 4.79 Å². The minimum absolute atomic E-state index is 0.104. The summed E-state index contributed by atoms with van der Waals surface area (Å²) in [5.74, 6) is 0. The number of rotatable bonds is 5. The Hall–Kier alpha value is -1.11. The Kier molecular flexibility index (Phi) is 5.82. The van der Waals surface area contributed by atoms with Gasteiger partial charge in [-0.2, -0.15) is 0 Å². The fourth-order valence-electron chi connectivity index (χ4n) is 2.44. The van der Waals surface area contributed by atoms with E-state index in [4.69, 9.17) is 4.74 Å². The molecular weight excluding hydrogens is 274 g/mol.